The van der Waals surface area contributed by atoms with Gasteiger partial charge >= 0.3 is 0 Å². The Morgan fingerprint density at radius 2 is 1.97 bits per heavy atom. The molecule has 0 saturated heterocycles. The first-order chi connectivity index (χ1) is 13.5. The Balaban J connectivity index is 0.00000225. The molecule has 3 rings (SSSR count). The lowest BCUT2D eigenvalue weighted by Gasteiger charge is -2.55. The fourth-order valence-corrected chi connectivity index (χ4v) is 4.47. The van der Waals surface area contributed by atoms with E-state index in [0.717, 1.165) is 31.5 Å². The van der Waals surface area contributed by atoms with Crippen molar-refractivity contribution >= 4 is 30.7 Å². The molecule has 0 radical (unpaired) electrons. The van der Waals surface area contributed by atoms with Crippen LogP contribution in [0.4, 0.5) is 0 Å². The van der Waals surface area contributed by atoms with Gasteiger partial charge in [0.15, 0.2) is 0 Å². The molecule has 1 aliphatic rings. The van der Waals surface area contributed by atoms with Crippen LogP contribution in [0.3, 0.4) is 0 Å². The molecule has 0 spiro atoms. The highest BCUT2D eigenvalue weighted by atomic mass is 35.5. The molecule has 3 N–H and O–H groups in total. The predicted octanol–water partition coefficient (Wildman–Crippen LogP) is 3.35. The van der Waals surface area contributed by atoms with Gasteiger partial charge in [-0.05, 0) is 24.8 Å². The molecule has 1 fully saturated rings. The van der Waals surface area contributed by atoms with Gasteiger partial charge in [0.2, 0.25) is 5.91 Å². The van der Waals surface area contributed by atoms with Crippen molar-refractivity contribution in [3.63, 3.8) is 0 Å². The summed E-state index contributed by atoms with van der Waals surface area (Å²) in [5.41, 5.74) is 8.24. The zero-order valence-electron chi connectivity index (χ0n) is 17.9. The number of benzene rings is 1. The molecule has 1 saturated carbocycles. The fourth-order valence-electron chi connectivity index (χ4n) is 4.47. The zero-order valence-corrected chi connectivity index (χ0v) is 19.5. The van der Waals surface area contributed by atoms with E-state index in [9.17, 15) is 4.79 Å². The molecule has 168 valence electrons. The van der Waals surface area contributed by atoms with E-state index in [1.807, 2.05) is 29.0 Å². The van der Waals surface area contributed by atoms with Crippen LogP contribution in [0, 0.1) is 5.41 Å². The van der Waals surface area contributed by atoms with Crippen molar-refractivity contribution in [1.82, 2.24) is 14.9 Å². The Hall–Kier alpha value is -1.60. The highest BCUT2D eigenvalue weighted by Gasteiger charge is 2.53. The van der Waals surface area contributed by atoms with Gasteiger partial charge in [0.25, 0.3) is 0 Å². The number of nitrogens with zero attached hydrogens (tertiary/aromatic N) is 2. The quantitative estimate of drug-likeness (QED) is 0.605. The van der Waals surface area contributed by atoms with Crippen LogP contribution < -0.4 is 11.1 Å². The molecule has 1 amide bonds. The van der Waals surface area contributed by atoms with E-state index < -0.39 is 6.04 Å². The summed E-state index contributed by atoms with van der Waals surface area (Å²) in [5.74, 6) is -0.108. The number of nitrogens with two attached hydrogens (primary N) is 1. The number of methoxy groups -OCH3 is 1. The van der Waals surface area contributed by atoms with E-state index in [4.69, 9.17) is 10.5 Å². The third-order valence-electron chi connectivity index (χ3n) is 6.36. The number of amides is 1. The second-order valence-electron chi connectivity index (χ2n) is 7.80. The fraction of sp³-hybridized carbons (Fsp3) is 0.545. The molecule has 8 heteroatoms. The predicted molar refractivity (Wildman–Crippen MR) is 124 cm³/mol. The molecule has 0 aliphatic heterocycles. The van der Waals surface area contributed by atoms with E-state index in [-0.39, 0.29) is 48.3 Å². The monoisotopic (exact) mass is 456 g/mol. The van der Waals surface area contributed by atoms with Gasteiger partial charge in [-0.1, -0.05) is 44.2 Å². The molecule has 6 nitrogen and oxygen atoms in total. The van der Waals surface area contributed by atoms with Crippen LogP contribution in [0.5, 0.6) is 0 Å². The number of imidazole rings is 1. The van der Waals surface area contributed by atoms with E-state index >= 15 is 0 Å². The van der Waals surface area contributed by atoms with E-state index in [1.165, 1.54) is 5.56 Å². The SMILES string of the molecule is CCC1(CC)C(NC(=O)[C@@H](N)Cc2cn(Cc3ccccc3)cn2)CC1OC.Cl.Cl. The molecule has 1 heterocycles. The first kappa shape index (κ1) is 26.4. The topological polar surface area (TPSA) is 82.2 Å². The lowest BCUT2D eigenvalue weighted by atomic mass is 9.58. The van der Waals surface area contributed by atoms with Gasteiger partial charge in [-0.3, -0.25) is 4.79 Å². The van der Waals surface area contributed by atoms with Gasteiger partial charge in [-0.25, -0.2) is 4.98 Å². The lowest BCUT2D eigenvalue weighted by molar-refractivity contribution is -0.142. The summed E-state index contributed by atoms with van der Waals surface area (Å²) >= 11 is 0. The Labute approximate surface area is 191 Å². The molecule has 0 bridgehead atoms. The second-order valence-corrected chi connectivity index (χ2v) is 7.80. The molecule has 2 aromatic rings. The third kappa shape index (κ3) is 5.55. The number of aromatic nitrogens is 2. The Kier molecular flexibility index (Phi) is 10.3. The summed E-state index contributed by atoms with van der Waals surface area (Å²) < 4.78 is 7.63. The summed E-state index contributed by atoms with van der Waals surface area (Å²) in [6.07, 6.45) is 7.20. The van der Waals surface area contributed by atoms with Gasteiger partial charge in [0.1, 0.15) is 0 Å². The molecule has 1 aliphatic carbocycles. The van der Waals surface area contributed by atoms with Crippen molar-refractivity contribution in [3.05, 3.63) is 54.1 Å². The average Bonchev–Trinajstić information content (AvgIpc) is 3.13. The third-order valence-corrected chi connectivity index (χ3v) is 6.36. The van der Waals surface area contributed by atoms with Crippen molar-refractivity contribution in [1.29, 1.82) is 0 Å². The maximum Gasteiger partial charge on any atom is 0.237 e. The first-order valence-corrected chi connectivity index (χ1v) is 10.2. The molecule has 1 aromatic heterocycles. The van der Waals surface area contributed by atoms with Crippen LogP contribution in [0.1, 0.15) is 44.4 Å². The molecule has 3 atom stereocenters. The maximum atomic E-state index is 12.7. The Bertz CT molecular complexity index is 780. The summed E-state index contributed by atoms with van der Waals surface area (Å²) in [6.45, 7) is 5.07. The minimum absolute atomic E-state index is 0. The number of rotatable bonds is 9. The minimum atomic E-state index is -0.604. The van der Waals surface area contributed by atoms with Crippen LogP contribution in [0.15, 0.2) is 42.9 Å². The number of carbonyl (C=O) groups is 1. The number of hydrogen-bond donors (Lipinski definition) is 2. The van der Waals surface area contributed by atoms with Crippen molar-refractivity contribution < 1.29 is 9.53 Å². The van der Waals surface area contributed by atoms with E-state index in [1.54, 1.807) is 13.4 Å². The van der Waals surface area contributed by atoms with Gasteiger partial charge in [-0.2, -0.15) is 0 Å². The van der Waals surface area contributed by atoms with Crippen molar-refractivity contribution in [2.24, 2.45) is 11.1 Å². The average molecular weight is 457 g/mol. The highest BCUT2D eigenvalue weighted by molar-refractivity contribution is 5.85. The van der Waals surface area contributed by atoms with E-state index in [2.05, 4.69) is 36.3 Å². The normalized spacial score (nSPS) is 20.3. The molecular weight excluding hydrogens is 423 g/mol. The molecule has 2 unspecified atom stereocenters. The van der Waals surface area contributed by atoms with Crippen LogP contribution in [-0.4, -0.2) is 40.8 Å². The molecular formula is C22H34Cl2N4O2. The minimum Gasteiger partial charge on any atom is -0.381 e. The summed E-state index contributed by atoms with van der Waals surface area (Å²) in [7, 11) is 1.75. The maximum absolute atomic E-state index is 12.7. The summed E-state index contributed by atoms with van der Waals surface area (Å²) in [6, 6.07) is 9.73. The van der Waals surface area contributed by atoms with Gasteiger partial charge < -0.3 is 20.4 Å². The number of ether oxygens (including phenoxy) is 1. The summed E-state index contributed by atoms with van der Waals surface area (Å²) in [4.78, 5) is 17.1. The first-order valence-electron chi connectivity index (χ1n) is 10.2. The Morgan fingerprint density at radius 1 is 1.30 bits per heavy atom. The number of halogens is 2. The van der Waals surface area contributed by atoms with Crippen LogP contribution in [0.25, 0.3) is 0 Å². The standard InChI is InChI=1S/C22H32N4O2.2ClH/c1-4-22(5-2)19(12-20(22)28-3)25-21(27)18(23)11-17-14-26(15-24-17)13-16-9-7-6-8-10-16;;/h6-10,14-15,18-20H,4-5,11-13,23H2,1-3H3,(H,25,27);2*1H/t18-,19?,20?;;/m0../s1. The number of hydrogen-bond acceptors (Lipinski definition) is 4. The van der Waals surface area contributed by atoms with Gasteiger partial charge in [0, 0.05) is 37.7 Å². The van der Waals surface area contributed by atoms with Crippen molar-refractivity contribution in [2.45, 2.75) is 64.3 Å². The van der Waals surface area contributed by atoms with Crippen molar-refractivity contribution in [3.8, 4) is 0 Å². The van der Waals surface area contributed by atoms with E-state index in [0.29, 0.717) is 6.42 Å². The van der Waals surface area contributed by atoms with Crippen LogP contribution in [-0.2, 0) is 22.5 Å². The Morgan fingerprint density at radius 3 is 2.57 bits per heavy atom. The lowest BCUT2D eigenvalue weighted by Crippen LogP contribution is -2.65. The highest BCUT2D eigenvalue weighted by Crippen LogP contribution is 2.48. The number of nitrogens with one attached hydrogen (secondary N) is 1. The molecule has 30 heavy (non-hydrogen) atoms. The van der Waals surface area contributed by atoms with Crippen molar-refractivity contribution in [2.75, 3.05) is 7.11 Å². The summed E-state index contributed by atoms with van der Waals surface area (Å²) in [5, 5.41) is 3.16. The van der Waals surface area contributed by atoms with Gasteiger partial charge in [-0.15, -0.1) is 24.8 Å². The second kappa shape index (κ2) is 11.7. The smallest absolute Gasteiger partial charge is 0.237 e. The largest absolute Gasteiger partial charge is 0.381 e. The zero-order chi connectivity index (χ0) is 20.1. The number of carbonyl (C=O) groups excluding carboxylic acids is 1. The van der Waals surface area contributed by atoms with Gasteiger partial charge in [0.05, 0.1) is 24.2 Å². The van der Waals surface area contributed by atoms with Crippen LogP contribution in [0.2, 0.25) is 0 Å². The molecule has 1 aromatic carbocycles. The van der Waals surface area contributed by atoms with Crippen LogP contribution >= 0.6 is 24.8 Å².